The summed E-state index contributed by atoms with van der Waals surface area (Å²) in [5, 5.41) is 7.85. The van der Waals surface area contributed by atoms with Crippen molar-refractivity contribution < 1.29 is 0 Å². The fourth-order valence-electron chi connectivity index (χ4n) is 1.95. The maximum absolute atomic E-state index is 4.32. The third-order valence-corrected chi connectivity index (χ3v) is 3.08. The molecule has 1 N–H and O–H groups in total. The van der Waals surface area contributed by atoms with Crippen molar-refractivity contribution >= 4 is 5.69 Å². The average Bonchev–Trinajstić information content (AvgIpc) is 2.83. The summed E-state index contributed by atoms with van der Waals surface area (Å²) in [6.45, 7) is 4.40. The van der Waals surface area contributed by atoms with Crippen molar-refractivity contribution in [3.05, 3.63) is 30.6 Å². The highest BCUT2D eigenvalue weighted by Crippen LogP contribution is 2.20. The van der Waals surface area contributed by atoms with E-state index >= 15 is 0 Å². The quantitative estimate of drug-likeness (QED) is 0.879. The summed E-state index contributed by atoms with van der Waals surface area (Å²) in [6.07, 6.45) is 3.97. The van der Waals surface area contributed by atoms with E-state index in [1.807, 2.05) is 19.2 Å². The molecule has 0 spiro atoms. The molecule has 1 aromatic heterocycles. The third kappa shape index (κ3) is 2.88. The van der Waals surface area contributed by atoms with Gasteiger partial charge in [0.25, 0.3) is 0 Å². The molecule has 18 heavy (non-hydrogen) atoms. The van der Waals surface area contributed by atoms with Gasteiger partial charge in [-0.05, 0) is 25.0 Å². The van der Waals surface area contributed by atoms with Crippen LogP contribution in [0.4, 0.5) is 5.69 Å². The number of rotatable bonds is 5. The predicted octanol–water partition coefficient (Wildman–Crippen LogP) is 3.08. The third-order valence-electron chi connectivity index (χ3n) is 3.08. The molecule has 96 valence electrons. The molecule has 0 aliphatic heterocycles. The fraction of sp³-hybridized carbons (Fsp3) is 0.429. The Balaban J connectivity index is 2.19. The van der Waals surface area contributed by atoms with E-state index in [4.69, 9.17) is 0 Å². The van der Waals surface area contributed by atoms with Gasteiger partial charge < -0.3 is 5.32 Å². The number of benzene rings is 1. The molecular formula is C14H20N4. The minimum atomic E-state index is 0.525. The second-order valence-electron chi connectivity index (χ2n) is 4.48. The van der Waals surface area contributed by atoms with Crippen LogP contribution in [0.15, 0.2) is 30.6 Å². The summed E-state index contributed by atoms with van der Waals surface area (Å²) in [4.78, 5) is 4.27. The fourth-order valence-corrected chi connectivity index (χ4v) is 1.95. The standard InChI is InChI=1S/C14H20N4/c1-4-12(5-2)16-13-8-6-7-11(9-13)14-15-10-18(3)17-14/h6-10,12,16H,4-5H2,1-3H3. The monoisotopic (exact) mass is 244 g/mol. The Morgan fingerprint density at radius 2 is 2.06 bits per heavy atom. The van der Waals surface area contributed by atoms with E-state index in [0.717, 1.165) is 29.9 Å². The minimum absolute atomic E-state index is 0.525. The van der Waals surface area contributed by atoms with E-state index in [1.165, 1.54) is 0 Å². The SMILES string of the molecule is CCC(CC)Nc1cccc(-c2ncn(C)n2)c1. The van der Waals surface area contributed by atoms with Crippen LogP contribution in [0.1, 0.15) is 26.7 Å². The second-order valence-corrected chi connectivity index (χ2v) is 4.48. The zero-order valence-electron chi connectivity index (χ0n) is 11.2. The van der Waals surface area contributed by atoms with E-state index in [9.17, 15) is 0 Å². The van der Waals surface area contributed by atoms with Crippen molar-refractivity contribution in [1.82, 2.24) is 14.8 Å². The van der Waals surface area contributed by atoms with Gasteiger partial charge in [-0.2, -0.15) is 5.10 Å². The lowest BCUT2D eigenvalue weighted by atomic mass is 10.1. The van der Waals surface area contributed by atoms with Crippen molar-refractivity contribution in [3.63, 3.8) is 0 Å². The summed E-state index contributed by atoms with van der Waals surface area (Å²) in [5.74, 6) is 0.769. The largest absolute Gasteiger partial charge is 0.382 e. The van der Waals surface area contributed by atoms with Gasteiger partial charge in [0.2, 0.25) is 0 Å². The molecule has 0 aliphatic rings. The first-order valence-electron chi connectivity index (χ1n) is 6.45. The minimum Gasteiger partial charge on any atom is -0.382 e. The molecule has 2 rings (SSSR count). The molecule has 0 saturated heterocycles. The number of hydrogen-bond acceptors (Lipinski definition) is 3. The Hall–Kier alpha value is -1.84. The topological polar surface area (TPSA) is 42.7 Å². The number of nitrogens with one attached hydrogen (secondary N) is 1. The molecule has 0 aliphatic carbocycles. The van der Waals surface area contributed by atoms with Gasteiger partial charge >= 0.3 is 0 Å². The first-order chi connectivity index (χ1) is 8.72. The summed E-state index contributed by atoms with van der Waals surface area (Å²) < 4.78 is 1.72. The maximum atomic E-state index is 4.32. The molecule has 0 bridgehead atoms. The second kappa shape index (κ2) is 5.67. The number of anilines is 1. The van der Waals surface area contributed by atoms with Crippen LogP contribution in [0.3, 0.4) is 0 Å². The van der Waals surface area contributed by atoms with Crippen LogP contribution in [-0.4, -0.2) is 20.8 Å². The van der Waals surface area contributed by atoms with Crippen LogP contribution in [0, 0.1) is 0 Å². The van der Waals surface area contributed by atoms with Crippen LogP contribution in [0.5, 0.6) is 0 Å². The Morgan fingerprint density at radius 3 is 2.67 bits per heavy atom. The Morgan fingerprint density at radius 1 is 1.28 bits per heavy atom. The predicted molar refractivity (Wildman–Crippen MR) is 74.4 cm³/mol. The van der Waals surface area contributed by atoms with E-state index in [-0.39, 0.29) is 0 Å². The lowest BCUT2D eigenvalue weighted by molar-refractivity contribution is 0.672. The van der Waals surface area contributed by atoms with Crippen molar-refractivity contribution in [2.75, 3.05) is 5.32 Å². The van der Waals surface area contributed by atoms with Crippen LogP contribution in [-0.2, 0) is 7.05 Å². The molecule has 1 heterocycles. The lowest BCUT2D eigenvalue weighted by Gasteiger charge is -2.16. The van der Waals surface area contributed by atoms with Gasteiger partial charge in [-0.3, -0.25) is 4.68 Å². The molecule has 4 nitrogen and oxygen atoms in total. The zero-order valence-corrected chi connectivity index (χ0v) is 11.2. The summed E-state index contributed by atoms with van der Waals surface area (Å²) in [7, 11) is 1.88. The van der Waals surface area contributed by atoms with E-state index in [2.05, 4.69) is 41.4 Å². The van der Waals surface area contributed by atoms with Crippen LogP contribution < -0.4 is 5.32 Å². The molecule has 0 amide bonds. The zero-order chi connectivity index (χ0) is 13.0. The highest BCUT2D eigenvalue weighted by molar-refractivity contribution is 5.62. The first-order valence-corrected chi connectivity index (χ1v) is 6.45. The smallest absolute Gasteiger partial charge is 0.181 e. The number of nitrogens with zero attached hydrogens (tertiary/aromatic N) is 3. The van der Waals surface area contributed by atoms with Gasteiger partial charge in [-0.1, -0.05) is 26.0 Å². The average molecular weight is 244 g/mol. The molecule has 0 unspecified atom stereocenters. The van der Waals surface area contributed by atoms with E-state index in [1.54, 1.807) is 11.0 Å². The maximum Gasteiger partial charge on any atom is 0.181 e. The van der Waals surface area contributed by atoms with Crippen molar-refractivity contribution in [3.8, 4) is 11.4 Å². The van der Waals surface area contributed by atoms with E-state index < -0.39 is 0 Å². The van der Waals surface area contributed by atoms with Gasteiger partial charge in [0.15, 0.2) is 5.82 Å². The molecule has 2 aromatic rings. The number of hydrogen-bond donors (Lipinski definition) is 1. The van der Waals surface area contributed by atoms with Crippen LogP contribution in [0.2, 0.25) is 0 Å². The highest BCUT2D eigenvalue weighted by Gasteiger charge is 2.06. The molecule has 0 atom stereocenters. The summed E-state index contributed by atoms with van der Waals surface area (Å²) in [6, 6.07) is 8.79. The Kier molecular flexibility index (Phi) is 3.97. The van der Waals surface area contributed by atoms with Gasteiger partial charge in [0.05, 0.1) is 0 Å². The Bertz CT molecular complexity index is 500. The summed E-state index contributed by atoms with van der Waals surface area (Å²) in [5.41, 5.74) is 2.18. The lowest BCUT2D eigenvalue weighted by Crippen LogP contribution is -2.16. The van der Waals surface area contributed by atoms with Gasteiger partial charge in [-0.25, -0.2) is 4.98 Å². The van der Waals surface area contributed by atoms with Crippen molar-refractivity contribution in [2.24, 2.45) is 7.05 Å². The summed E-state index contributed by atoms with van der Waals surface area (Å²) >= 11 is 0. The van der Waals surface area contributed by atoms with Gasteiger partial charge in [0, 0.05) is 24.3 Å². The van der Waals surface area contributed by atoms with Crippen molar-refractivity contribution in [1.29, 1.82) is 0 Å². The van der Waals surface area contributed by atoms with Gasteiger partial charge in [-0.15, -0.1) is 0 Å². The highest BCUT2D eigenvalue weighted by atomic mass is 15.3. The van der Waals surface area contributed by atoms with Crippen molar-refractivity contribution in [2.45, 2.75) is 32.7 Å². The van der Waals surface area contributed by atoms with Crippen LogP contribution >= 0.6 is 0 Å². The van der Waals surface area contributed by atoms with E-state index in [0.29, 0.717) is 6.04 Å². The number of aryl methyl sites for hydroxylation is 1. The molecular weight excluding hydrogens is 224 g/mol. The van der Waals surface area contributed by atoms with Gasteiger partial charge in [0.1, 0.15) is 6.33 Å². The number of aromatic nitrogens is 3. The molecule has 0 saturated carbocycles. The Labute approximate surface area is 108 Å². The molecule has 4 heteroatoms. The normalized spacial score (nSPS) is 10.9. The molecule has 0 fully saturated rings. The molecule has 0 radical (unpaired) electrons. The molecule has 1 aromatic carbocycles. The van der Waals surface area contributed by atoms with Crippen LogP contribution in [0.25, 0.3) is 11.4 Å². The first kappa shape index (κ1) is 12.6.